The molecule has 0 unspecified atom stereocenters. The van der Waals surface area contributed by atoms with E-state index in [1.54, 1.807) is 23.7 Å². The Kier molecular flexibility index (Phi) is 4.80. The van der Waals surface area contributed by atoms with E-state index < -0.39 is 0 Å². The van der Waals surface area contributed by atoms with Crippen LogP contribution in [0, 0.1) is 0 Å². The number of anilines is 1. The number of aromatic nitrogens is 2. The van der Waals surface area contributed by atoms with Crippen LogP contribution >= 0.6 is 0 Å². The molecule has 1 fully saturated rings. The summed E-state index contributed by atoms with van der Waals surface area (Å²) in [6.07, 6.45) is 2.41. The quantitative estimate of drug-likeness (QED) is 0.828. The number of rotatable bonds is 5. The van der Waals surface area contributed by atoms with Crippen molar-refractivity contribution in [3.63, 3.8) is 0 Å². The first-order valence-electron chi connectivity index (χ1n) is 8.27. The first-order chi connectivity index (χ1) is 11.6. The lowest BCUT2D eigenvalue weighted by molar-refractivity contribution is -0.125. The molecule has 128 valence electrons. The third kappa shape index (κ3) is 3.41. The predicted octanol–water partition coefficient (Wildman–Crippen LogP) is 0.980. The maximum atomic E-state index is 12.9. The number of carbonyl (C=O) groups excluding carboxylic acids is 1. The SMILES string of the molecule is CN(C)NC(=O)CCn1c(=O)c(N2CCCC2)nc2ccccc21. The Bertz CT molecular complexity index is 793. The Morgan fingerprint density at radius 2 is 1.96 bits per heavy atom. The van der Waals surface area contributed by atoms with E-state index in [4.69, 9.17) is 0 Å². The molecule has 3 rings (SSSR count). The molecule has 0 bridgehead atoms. The van der Waals surface area contributed by atoms with E-state index >= 15 is 0 Å². The van der Waals surface area contributed by atoms with Crippen LogP contribution in [0.25, 0.3) is 11.0 Å². The van der Waals surface area contributed by atoms with E-state index in [1.165, 1.54) is 0 Å². The number of aryl methyl sites for hydroxylation is 1. The number of hydrogen-bond acceptors (Lipinski definition) is 5. The van der Waals surface area contributed by atoms with E-state index in [0.717, 1.165) is 37.0 Å². The van der Waals surface area contributed by atoms with Crippen molar-refractivity contribution < 1.29 is 4.79 Å². The first kappa shape index (κ1) is 16.4. The Morgan fingerprint density at radius 3 is 2.67 bits per heavy atom. The summed E-state index contributed by atoms with van der Waals surface area (Å²) in [7, 11) is 3.52. The number of carbonyl (C=O) groups is 1. The van der Waals surface area contributed by atoms with Crippen LogP contribution in [0.5, 0.6) is 0 Å². The molecule has 1 aromatic heterocycles. The molecule has 2 heterocycles. The highest BCUT2D eigenvalue weighted by Crippen LogP contribution is 2.18. The summed E-state index contributed by atoms with van der Waals surface area (Å²) < 4.78 is 1.67. The number of hydrazine groups is 1. The molecule has 0 atom stereocenters. The fraction of sp³-hybridized carbons (Fsp3) is 0.471. The lowest BCUT2D eigenvalue weighted by Crippen LogP contribution is -2.37. The van der Waals surface area contributed by atoms with Gasteiger partial charge in [-0.05, 0) is 25.0 Å². The second-order valence-electron chi connectivity index (χ2n) is 6.25. The van der Waals surface area contributed by atoms with E-state index in [1.807, 2.05) is 29.2 Å². The summed E-state index contributed by atoms with van der Waals surface area (Å²) >= 11 is 0. The molecule has 1 N–H and O–H groups in total. The van der Waals surface area contributed by atoms with Crippen molar-refractivity contribution in [1.82, 2.24) is 20.0 Å². The van der Waals surface area contributed by atoms with Gasteiger partial charge < -0.3 is 9.47 Å². The second kappa shape index (κ2) is 7.00. The van der Waals surface area contributed by atoms with E-state index in [-0.39, 0.29) is 17.9 Å². The van der Waals surface area contributed by atoms with Gasteiger partial charge in [0, 0.05) is 40.2 Å². The van der Waals surface area contributed by atoms with Crippen LogP contribution in [-0.4, -0.2) is 47.7 Å². The average molecular weight is 329 g/mol. The second-order valence-corrected chi connectivity index (χ2v) is 6.25. The van der Waals surface area contributed by atoms with Crippen LogP contribution in [0.4, 0.5) is 5.82 Å². The van der Waals surface area contributed by atoms with Crippen LogP contribution in [0.2, 0.25) is 0 Å². The van der Waals surface area contributed by atoms with Gasteiger partial charge in [-0.1, -0.05) is 12.1 Å². The van der Waals surface area contributed by atoms with Gasteiger partial charge in [0.2, 0.25) is 5.91 Å². The number of hydrogen-bond donors (Lipinski definition) is 1. The summed E-state index contributed by atoms with van der Waals surface area (Å²) in [6, 6.07) is 7.58. The van der Waals surface area contributed by atoms with Gasteiger partial charge in [-0.25, -0.2) is 9.99 Å². The van der Waals surface area contributed by atoms with E-state index in [0.29, 0.717) is 12.4 Å². The van der Waals surface area contributed by atoms with Crippen LogP contribution in [0.1, 0.15) is 19.3 Å². The van der Waals surface area contributed by atoms with Crippen LogP contribution in [0.3, 0.4) is 0 Å². The zero-order valence-electron chi connectivity index (χ0n) is 14.2. The van der Waals surface area contributed by atoms with Crippen molar-refractivity contribution in [2.75, 3.05) is 32.1 Å². The highest BCUT2D eigenvalue weighted by atomic mass is 16.2. The number of fused-ring (bicyclic) bond motifs is 1. The van der Waals surface area contributed by atoms with Gasteiger partial charge in [0.1, 0.15) is 0 Å². The minimum absolute atomic E-state index is 0.115. The lowest BCUT2D eigenvalue weighted by Gasteiger charge is -2.19. The predicted molar refractivity (Wildman–Crippen MR) is 93.9 cm³/mol. The third-order valence-corrected chi connectivity index (χ3v) is 4.15. The van der Waals surface area contributed by atoms with Crippen molar-refractivity contribution >= 4 is 22.8 Å². The average Bonchev–Trinajstić information content (AvgIpc) is 3.07. The number of amides is 1. The van der Waals surface area contributed by atoms with Gasteiger partial charge in [-0.2, -0.15) is 0 Å². The van der Waals surface area contributed by atoms with E-state index in [9.17, 15) is 9.59 Å². The topological polar surface area (TPSA) is 70.5 Å². The third-order valence-electron chi connectivity index (χ3n) is 4.15. The molecule has 1 amide bonds. The highest BCUT2D eigenvalue weighted by molar-refractivity contribution is 5.78. The molecule has 2 aromatic rings. The minimum atomic E-state index is -0.117. The molecular weight excluding hydrogens is 306 g/mol. The molecule has 0 aliphatic carbocycles. The molecular formula is C17H23N5O2. The lowest BCUT2D eigenvalue weighted by atomic mass is 10.2. The summed E-state index contributed by atoms with van der Waals surface area (Å²) in [5, 5.41) is 1.60. The highest BCUT2D eigenvalue weighted by Gasteiger charge is 2.20. The summed E-state index contributed by atoms with van der Waals surface area (Å²) in [5.41, 5.74) is 4.14. The van der Waals surface area contributed by atoms with Crippen molar-refractivity contribution in [1.29, 1.82) is 0 Å². The molecule has 1 aliphatic heterocycles. The van der Waals surface area contributed by atoms with Crippen molar-refractivity contribution in [3.8, 4) is 0 Å². The Hall–Kier alpha value is -2.41. The number of benzene rings is 1. The largest absolute Gasteiger partial charge is 0.352 e. The van der Waals surface area contributed by atoms with Gasteiger partial charge in [0.25, 0.3) is 5.56 Å². The number of nitrogens with one attached hydrogen (secondary N) is 1. The van der Waals surface area contributed by atoms with Gasteiger partial charge in [0.05, 0.1) is 11.0 Å². The van der Waals surface area contributed by atoms with Crippen LogP contribution < -0.4 is 15.9 Å². The smallest absolute Gasteiger partial charge is 0.294 e. The molecule has 24 heavy (non-hydrogen) atoms. The molecule has 7 nitrogen and oxygen atoms in total. The normalized spacial score (nSPS) is 14.5. The summed E-state index contributed by atoms with van der Waals surface area (Å²) in [6.45, 7) is 2.06. The van der Waals surface area contributed by atoms with Crippen LogP contribution in [0.15, 0.2) is 29.1 Å². The minimum Gasteiger partial charge on any atom is -0.352 e. The zero-order valence-corrected chi connectivity index (χ0v) is 14.2. The molecule has 1 aliphatic rings. The molecule has 1 saturated heterocycles. The van der Waals surface area contributed by atoms with Gasteiger partial charge in [-0.15, -0.1) is 0 Å². The van der Waals surface area contributed by atoms with Crippen molar-refractivity contribution in [2.45, 2.75) is 25.8 Å². The first-order valence-corrected chi connectivity index (χ1v) is 8.27. The summed E-state index contributed by atoms with van der Waals surface area (Å²) in [5.74, 6) is 0.384. The molecule has 1 aromatic carbocycles. The maximum Gasteiger partial charge on any atom is 0.294 e. The van der Waals surface area contributed by atoms with Gasteiger partial charge in [0.15, 0.2) is 5.82 Å². The van der Waals surface area contributed by atoms with Gasteiger partial charge >= 0.3 is 0 Å². The summed E-state index contributed by atoms with van der Waals surface area (Å²) in [4.78, 5) is 31.5. The maximum absolute atomic E-state index is 12.9. The monoisotopic (exact) mass is 329 g/mol. The number of nitrogens with zero attached hydrogens (tertiary/aromatic N) is 4. The molecule has 0 radical (unpaired) electrons. The fourth-order valence-electron chi connectivity index (χ4n) is 3.05. The zero-order chi connectivity index (χ0) is 17.1. The molecule has 0 spiro atoms. The molecule has 0 saturated carbocycles. The number of para-hydroxylation sites is 2. The van der Waals surface area contributed by atoms with Crippen molar-refractivity contribution in [2.24, 2.45) is 0 Å². The van der Waals surface area contributed by atoms with Gasteiger partial charge in [-0.3, -0.25) is 15.0 Å². The van der Waals surface area contributed by atoms with E-state index in [2.05, 4.69) is 10.4 Å². The molecule has 7 heteroatoms. The van der Waals surface area contributed by atoms with Crippen molar-refractivity contribution in [3.05, 3.63) is 34.6 Å². The van der Waals surface area contributed by atoms with Crippen LogP contribution in [-0.2, 0) is 11.3 Å². The standard InChI is InChI=1S/C17H23N5O2/c1-20(2)19-15(23)9-12-22-14-8-4-3-7-13(14)18-16(17(22)24)21-10-5-6-11-21/h3-4,7-8H,5-6,9-12H2,1-2H3,(H,19,23). The fourth-order valence-corrected chi connectivity index (χ4v) is 3.05. The Balaban J connectivity index is 1.96. The Morgan fingerprint density at radius 1 is 1.25 bits per heavy atom. The Labute approximate surface area is 140 Å².